The van der Waals surface area contributed by atoms with Gasteiger partial charge in [-0.1, -0.05) is 12.8 Å². The molecule has 0 bridgehead atoms. The number of nitrogens with one attached hydrogen (secondary N) is 1. The Kier molecular flexibility index (Phi) is 6.81. The van der Waals surface area contributed by atoms with E-state index < -0.39 is 23.9 Å². The van der Waals surface area contributed by atoms with Gasteiger partial charge in [0.25, 0.3) is 5.91 Å². The molecule has 1 fully saturated rings. The lowest BCUT2D eigenvalue weighted by molar-refractivity contribution is -0.344. The monoisotopic (exact) mass is 485 g/mol. The van der Waals surface area contributed by atoms with Crippen molar-refractivity contribution in [3.63, 3.8) is 0 Å². The number of likely N-dealkylation sites (tertiary alicyclic amines) is 1. The van der Waals surface area contributed by atoms with Gasteiger partial charge in [-0.3, -0.25) is 9.59 Å². The molecule has 1 aromatic rings. The predicted octanol–water partition coefficient (Wildman–Crippen LogP) is 4.59. The Morgan fingerprint density at radius 3 is 2.12 bits per heavy atom. The first-order valence-corrected chi connectivity index (χ1v) is 10.4. The van der Waals surface area contributed by atoms with Gasteiger partial charge in [0.05, 0.1) is 5.71 Å². The second-order valence-corrected chi connectivity index (χ2v) is 8.06. The molecule has 1 aromatic heterocycles. The highest BCUT2D eigenvalue weighted by Crippen LogP contribution is 2.46. The lowest BCUT2D eigenvalue weighted by Crippen LogP contribution is -2.58. The summed E-state index contributed by atoms with van der Waals surface area (Å²) in [5, 5.41) is 3.40. The summed E-state index contributed by atoms with van der Waals surface area (Å²) in [7, 11) is 0. The van der Waals surface area contributed by atoms with Crippen LogP contribution in [0.15, 0.2) is 9.52 Å². The fraction of sp³-hybridized carbons (Fsp3) is 0.650. The Hall–Kier alpha value is -2.60. The molecule has 0 spiro atoms. The van der Waals surface area contributed by atoms with Crippen LogP contribution in [0.3, 0.4) is 0 Å². The van der Waals surface area contributed by atoms with Gasteiger partial charge in [0.2, 0.25) is 0 Å². The van der Waals surface area contributed by atoms with Gasteiger partial charge in [0.1, 0.15) is 5.76 Å². The van der Waals surface area contributed by atoms with Gasteiger partial charge < -0.3 is 9.32 Å². The third-order valence-corrected chi connectivity index (χ3v) is 5.74. The van der Waals surface area contributed by atoms with Gasteiger partial charge >= 0.3 is 23.9 Å². The third kappa shape index (κ3) is 4.58. The summed E-state index contributed by atoms with van der Waals surface area (Å²) in [5.74, 6) is -15.6. The Labute approximate surface area is 184 Å². The van der Waals surface area contributed by atoms with Crippen molar-refractivity contribution in [3.05, 3.63) is 22.6 Å². The Morgan fingerprint density at radius 1 is 0.939 bits per heavy atom. The fourth-order valence-corrected chi connectivity index (χ4v) is 3.91. The molecule has 33 heavy (non-hydrogen) atoms. The van der Waals surface area contributed by atoms with E-state index in [4.69, 9.17) is 4.42 Å². The molecular weight excluding hydrogens is 463 g/mol. The zero-order chi connectivity index (χ0) is 24.6. The van der Waals surface area contributed by atoms with Crippen LogP contribution in [0.2, 0.25) is 0 Å². The number of rotatable bonds is 4. The lowest BCUT2D eigenvalue weighted by atomic mass is 9.93. The first kappa shape index (κ1) is 25.0. The van der Waals surface area contributed by atoms with Crippen molar-refractivity contribution >= 4 is 17.5 Å². The van der Waals surface area contributed by atoms with E-state index in [1.807, 2.05) is 0 Å². The predicted molar refractivity (Wildman–Crippen MR) is 101 cm³/mol. The molecule has 1 aliphatic carbocycles. The van der Waals surface area contributed by atoms with E-state index in [-0.39, 0.29) is 29.4 Å². The number of hydrazone groups is 1. The number of nitrogens with zero attached hydrogens (tertiary/aromatic N) is 2. The maximum atomic E-state index is 13.5. The van der Waals surface area contributed by atoms with Crippen LogP contribution in [0.1, 0.15) is 66.0 Å². The minimum atomic E-state index is -6.64. The van der Waals surface area contributed by atoms with E-state index >= 15 is 0 Å². The molecule has 1 aliphatic heterocycles. The lowest BCUT2D eigenvalue weighted by Gasteiger charge is -2.26. The number of amides is 2. The molecule has 0 radical (unpaired) electrons. The number of alkyl halides is 7. The van der Waals surface area contributed by atoms with Crippen molar-refractivity contribution in [2.75, 3.05) is 13.1 Å². The molecule has 0 saturated carbocycles. The highest BCUT2D eigenvalue weighted by Gasteiger charge is 2.76. The molecule has 184 valence electrons. The van der Waals surface area contributed by atoms with Crippen molar-refractivity contribution in [2.45, 2.75) is 69.9 Å². The van der Waals surface area contributed by atoms with Crippen LogP contribution in [-0.2, 0) is 11.2 Å². The molecule has 3 rings (SSSR count). The van der Waals surface area contributed by atoms with Crippen LogP contribution in [0, 0.1) is 6.92 Å². The normalized spacial score (nSPS) is 19.3. The molecular formula is C20H22F7N3O3. The molecule has 2 aliphatic rings. The molecule has 0 atom stereocenters. The van der Waals surface area contributed by atoms with Gasteiger partial charge in [-0.05, 0) is 32.6 Å². The quantitative estimate of drug-likeness (QED) is 0.501. The van der Waals surface area contributed by atoms with Crippen molar-refractivity contribution in [3.8, 4) is 0 Å². The number of hydrogen-bond donors (Lipinski definition) is 1. The summed E-state index contributed by atoms with van der Waals surface area (Å²) in [5.41, 5.74) is 1.67. The second-order valence-electron chi connectivity index (χ2n) is 8.06. The van der Waals surface area contributed by atoms with Crippen LogP contribution in [0.25, 0.3) is 0 Å². The zero-order valence-electron chi connectivity index (χ0n) is 17.6. The van der Waals surface area contributed by atoms with Crippen LogP contribution in [0.4, 0.5) is 30.7 Å². The summed E-state index contributed by atoms with van der Waals surface area (Å²) >= 11 is 0. The molecule has 6 nitrogen and oxygen atoms in total. The summed E-state index contributed by atoms with van der Waals surface area (Å²) < 4.78 is 95.9. The SMILES string of the molecule is Cc1c(C(=O)N2CCCCCC2)oc2c1/C(=N/NC(=O)C(F)(F)C(F)(F)C(F)(F)F)CCC2. The van der Waals surface area contributed by atoms with E-state index in [0.29, 0.717) is 37.3 Å². The number of aryl methyl sites for hydroxylation is 1. The molecule has 0 unspecified atom stereocenters. The average molecular weight is 485 g/mol. The summed E-state index contributed by atoms with van der Waals surface area (Å²) in [6.45, 7) is 2.62. The number of furan rings is 1. The number of halogens is 7. The van der Waals surface area contributed by atoms with E-state index in [0.717, 1.165) is 31.1 Å². The van der Waals surface area contributed by atoms with Crippen LogP contribution >= 0.6 is 0 Å². The molecule has 13 heteroatoms. The van der Waals surface area contributed by atoms with E-state index in [1.165, 1.54) is 6.92 Å². The standard InChI is InChI=1S/C20H22F7N3O3/c1-11-14-12(28-29-17(32)18(21,22)19(23,24)20(25,26)27)7-6-8-13(14)33-15(11)16(31)30-9-4-2-3-5-10-30/h2-10H2,1H3,(H,29,32)/b28-12+. The Bertz CT molecular complexity index is 945. The smallest absolute Gasteiger partial charge is 0.455 e. The van der Waals surface area contributed by atoms with E-state index in [1.54, 1.807) is 4.90 Å². The maximum absolute atomic E-state index is 13.5. The van der Waals surface area contributed by atoms with Crippen LogP contribution in [-0.4, -0.2) is 53.5 Å². The third-order valence-electron chi connectivity index (χ3n) is 5.74. The zero-order valence-corrected chi connectivity index (χ0v) is 17.6. The Morgan fingerprint density at radius 2 is 1.55 bits per heavy atom. The molecule has 2 heterocycles. The van der Waals surface area contributed by atoms with Crippen molar-refractivity contribution in [1.29, 1.82) is 0 Å². The highest BCUT2D eigenvalue weighted by molar-refractivity contribution is 6.06. The summed E-state index contributed by atoms with van der Waals surface area (Å²) in [6.07, 6.45) is -2.13. The first-order chi connectivity index (χ1) is 15.3. The first-order valence-electron chi connectivity index (χ1n) is 10.4. The average Bonchev–Trinajstić information content (AvgIpc) is 2.91. The van der Waals surface area contributed by atoms with Gasteiger partial charge in [-0.2, -0.15) is 35.8 Å². The molecule has 1 N–H and O–H groups in total. The minimum Gasteiger partial charge on any atom is -0.455 e. The van der Waals surface area contributed by atoms with Crippen molar-refractivity contribution in [1.82, 2.24) is 10.3 Å². The van der Waals surface area contributed by atoms with E-state index in [2.05, 4.69) is 5.10 Å². The number of carbonyl (C=O) groups is 2. The maximum Gasteiger partial charge on any atom is 0.460 e. The van der Waals surface area contributed by atoms with Crippen LogP contribution in [0.5, 0.6) is 0 Å². The molecule has 1 saturated heterocycles. The van der Waals surface area contributed by atoms with E-state index in [9.17, 15) is 40.3 Å². The van der Waals surface area contributed by atoms with Gasteiger partial charge in [0, 0.05) is 30.6 Å². The molecule has 0 aromatic carbocycles. The minimum absolute atomic E-state index is 0.0248. The fourth-order valence-electron chi connectivity index (χ4n) is 3.91. The van der Waals surface area contributed by atoms with Gasteiger partial charge in [-0.15, -0.1) is 0 Å². The van der Waals surface area contributed by atoms with Crippen LogP contribution < -0.4 is 5.43 Å². The highest BCUT2D eigenvalue weighted by atomic mass is 19.4. The summed E-state index contributed by atoms with van der Waals surface area (Å²) in [4.78, 5) is 26.1. The number of carbonyl (C=O) groups excluding carboxylic acids is 2. The Balaban J connectivity index is 1.85. The number of hydrogen-bond acceptors (Lipinski definition) is 4. The second kappa shape index (κ2) is 8.98. The van der Waals surface area contributed by atoms with Gasteiger partial charge in [-0.25, -0.2) is 5.43 Å². The van der Waals surface area contributed by atoms with Gasteiger partial charge in [0.15, 0.2) is 5.76 Å². The summed E-state index contributed by atoms with van der Waals surface area (Å²) in [6, 6.07) is 0. The van der Waals surface area contributed by atoms with Crippen molar-refractivity contribution in [2.24, 2.45) is 5.10 Å². The van der Waals surface area contributed by atoms with Crippen molar-refractivity contribution < 1.29 is 44.7 Å². The largest absolute Gasteiger partial charge is 0.460 e. The molecule has 2 amide bonds. The number of fused-ring (bicyclic) bond motifs is 1. The topological polar surface area (TPSA) is 74.9 Å².